The van der Waals surface area contributed by atoms with Gasteiger partial charge in [-0.3, -0.25) is 14.2 Å². The lowest BCUT2D eigenvalue weighted by molar-refractivity contribution is -0.113. The number of anilines is 1. The number of ketones is 1. The Morgan fingerprint density at radius 3 is 2.16 bits per heavy atom. The van der Waals surface area contributed by atoms with Gasteiger partial charge in [-0.05, 0) is 84.4 Å². The summed E-state index contributed by atoms with van der Waals surface area (Å²) in [5.74, 6) is 1.77. The maximum atomic E-state index is 12.9. The zero-order valence-electron chi connectivity index (χ0n) is 24.7. The fourth-order valence-electron chi connectivity index (χ4n) is 4.47. The number of halogens is 1. The average molecular weight is 641 g/mol. The van der Waals surface area contributed by atoms with Crippen molar-refractivity contribution in [1.29, 1.82) is 0 Å². The molecule has 1 heterocycles. The predicted molar refractivity (Wildman–Crippen MR) is 177 cm³/mol. The van der Waals surface area contributed by atoms with Crippen LogP contribution in [0.25, 0.3) is 23.2 Å². The van der Waals surface area contributed by atoms with Crippen LogP contribution < -0.4 is 19.5 Å². The molecular weight excluding hydrogens is 612 g/mol. The minimum atomic E-state index is -0.225. The van der Waals surface area contributed by atoms with Crippen molar-refractivity contribution < 1.29 is 23.8 Å². The normalized spacial score (nSPS) is 10.9. The Kier molecular flexibility index (Phi) is 10.2. The number of methoxy groups -OCH3 is 3. The third kappa shape index (κ3) is 7.54. The van der Waals surface area contributed by atoms with Crippen molar-refractivity contribution in [3.63, 3.8) is 0 Å². The van der Waals surface area contributed by atoms with Crippen LogP contribution in [0.4, 0.5) is 5.69 Å². The van der Waals surface area contributed by atoms with Gasteiger partial charge in [-0.2, -0.15) is 0 Å². The van der Waals surface area contributed by atoms with Gasteiger partial charge in [0.2, 0.25) is 11.7 Å². The van der Waals surface area contributed by atoms with Crippen molar-refractivity contribution >= 4 is 46.8 Å². The Hall–Kier alpha value is -5.06. The first-order chi connectivity index (χ1) is 21.9. The summed E-state index contributed by atoms with van der Waals surface area (Å²) in [5, 5.41) is 12.8. The van der Waals surface area contributed by atoms with Crippen molar-refractivity contribution in [2.75, 3.05) is 32.4 Å². The van der Waals surface area contributed by atoms with E-state index in [-0.39, 0.29) is 17.4 Å². The van der Waals surface area contributed by atoms with Crippen molar-refractivity contribution in [3.05, 3.63) is 113 Å². The number of allylic oxidation sites excluding steroid dienone is 1. The van der Waals surface area contributed by atoms with Gasteiger partial charge >= 0.3 is 0 Å². The number of amides is 1. The van der Waals surface area contributed by atoms with Crippen LogP contribution in [0, 0.1) is 0 Å². The van der Waals surface area contributed by atoms with E-state index in [9.17, 15) is 9.59 Å². The number of nitrogens with one attached hydrogen (secondary N) is 1. The number of carbonyl (C=O) groups excluding carboxylic acids is 2. The number of hydrogen-bond acceptors (Lipinski definition) is 8. The molecule has 1 N–H and O–H groups in total. The third-order valence-electron chi connectivity index (χ3n) is 6.65. The fraction of sp³-hybridized carbons (Fsp3) is 0.118. The molecule has 11 heteroatoms. The minimum Gasteiger partial charge on any atom is -0.493 e. The van der Waals surface area contributed by atoms with E-state index in [1.807, 2.05) is 47.0 Å². The topological polar surface area (TPSA) is 105 Å². The predicted octanol–water partition coefficient (Wildman–Crippen LogP) is 7.24. The average Bonchev–Trinajstić information content (AvgIpc) is 3.50. The molecule has 228 valence electrons. The first kappa shape index (κ1) is 31.4. The smallest absolute Gasteiger partial charge is 0.234 e. The molecule has 1 amide bonds. The lowest BCUT2D eigenvalue weighted by atomic mass is 10.1. The van der Waals surface area contributed by atoms with Gasteiger partial charge < -0.3 is 19.5 Å². The molecule has 4 aromatic carbocycles. The number of ether oxygens (including phenoxy) is 3. The van der Waals surface area contributed by atoms with Crippen LogP contribution in [-0.4, -0.2) is 53.5 Å². The largest absolute Gasteiger partial charge is 0.493 e. The number of aromatic nitrogens is 3. The maximum Gasteiger partial charge on any atom is 0.234 e. The number of para-hydroxylation sites is 1. The summed E-state index contributed by atoms with van der Waals surface area (Å²) in [6, 6.07) is 27.3. The van der Waals surface area contributed by atoms with Crippen molar-refractivity contribution in [2.24, 2.45) is 0 Å². The van der Waals surface area contributed by atoms with Gasteiger partial charge in [0.25, 0.3) is 0 Å². The lowest BCUT2D eigenvalue weighted by Gasteiger charge is -2.12. The van der Waals surface area contributed by atoms with Gasteiger partial charge in [-0.15, -0.1) is 10.2 Å². The fourth-order valence-corrected chi connectivity index (χ4v) is 5.35. The van der Waals surface area contributed by atoms with Gasteiger partial charge in [-0.25, -0.2) is 0 Å². The molecule has 5 aromatic rings. The van der Waals surface area contributed by atoms with E-state index < -0.39 is 0 Å². The summed E-state index contributed by atoms with van der Waals surface area (Å²) >= 11 is 7.35. The number of hydrogen-bond donors (Lipinski definition) is 1. The maximum absolute atomic E-state index is 12.9. The molecule has 0 fully saturated rings. The highest BCUT2D eigenvalue weighted by Gasteiger charge is 2.18. The second-order valence-corrected chi connectivity index (χ2v) is 10.9. The first-order valence-electron chi connectivity index (χ1n) is 13.7. The summed E-state index contributed by atoms with van der Waals surface area (Å²) in [5.41, 5.74) is 3.46. The highest BCUT2D eigenvalue weighted by molar-refractivity contribution is 7.99. The van der Waals surface area contributed by atoms with Gasteiger partial charge in [0.15, 0.2) is 28.3 Å². The van der Waals surface area contributed by atoms with E-state index in [1.165, 1.54) is 39.2 Å². The minimum absolute atomic E-state index is 0.101. The molecule has 9 nitrogen and oxygen atoms in total. The zero-order valence-corrected chi connectivity index (χ0v) is 26.3. The second-order valence-electron chi connectivity index (χ2n) is 9.55. The lowest BCUT2D eigenvalue weighted by Crippen LogP contribution is -2.14. The molecule has 45 heavy (non-hydrogen) atoms. The van der Waals surface area contributed by atoms with Crippen LogP contribution in [0.15, 0.2) is 102 Å². The SMILES string of the molecule is COc1cc(/C=C/C(=O)c2ccc(NC(=O)CSc3nnc(-c4ccc(Cl)cc4)n3-c3ccccc3)cc2)cc(OC)c1OC. The van der Waals surface area contributed by atoms with E-state index in [2.05, 4.69) is 15.5 Å². The Morgan fingerprint density at radius 2 is 1.53 bits per heavy atom. The standard InChI is InChI=1S/C34H29ClN4O5S/c1-42-29-19-22(20-30(43-2)32(29)44-3)9-18-28(40)23-12-16-26(17-13-23)36-31(41)21-45-34-38-37-33(24-10-14-25(35)15-11-24)39(34)27-7-5-4-6-8-27/h4-20H,21H2,1-3H3,(H,36,41)/b18-9+. The highest BCUT2D eigenvalue weighted by Crippen LogP contribution is 2.38. The zero-order chi connectivity index (χ0) is 31.8. The molecule has 5 rings (SSSR count). The van der Waals surface area contributed by atoms with Crippen LogP contribution in [0.3, 0.4) is 0 Å². The highest BCUT2D eigenvalue weighted by atomic mass is 35.5. The number of carbonyl (C=O) groups is 2. The van der Waals surface area contributed by atoms with E-state index in [1.54, 1.807) is 54.6 Å². The van der Waals surface area contributed by atoms with Crippen molar-refractivity contribution in [1.82, 2.24) is 14.8 Å². The van der Waals surface area contributed by atoms with Crippen molar-refractivity contribution in [2.45, 2.75) is 5.16 Å². The van der Waals surface area contributed by atoms with E-state index in [0.717, 1.165) is 11.3 Å². The third-order valence-corrected chi connectivity index (χ3v) is 7.83. The molecule has 0 aliphatic carbocycles. The van der Waals surface area contributed by atoms with Gasteiger partial charge in [0, 0.05) is 27.5 Å². The van der Waals surface area contributed by atoms with Gasteiger partial charge in [0.1, 0.15) is 0 Å². The van der Waals surface area contributed by atoms with Crippen LogP contribution in [0.5, 0.6) is 17.2 Å². The molecule has 0 unspecified atom stereocenters. The Bertz CT molecular complexity index is 1800. The van der Waals surface area contributed by atoms with Gasteiger partial charge in [0.05, 0.1) is 27.1 Å². The molecule has 0 bridgehead atoms. The summed E-state index contributed by atoms with van der Waals surface area (Å²) in [6.07, 6.45) is 3.14. The Morgan fingerprint density at radius 1 is 0.867 bits per heavy atom. The molecule has 0 saturated carbocycles. The Balaban J connectivity index is 1.23. The number of rotatable bonds is 12. The molecule has 0 spiro atoms. The van der Waals surface area contributed by atoms with E-state index >= 15 is 0 Å². The van der Waals surface area contributed by atoms with Crippen molar-refractivity contribution in [3.8, 4) is 34.3 Å². The Labute approximate surface area is 269 Å². The molecule has 0 aliphatic heterocycles. The van der Waals surface area contributed by atoms with Gasteiger partial charge in [-0.1, -0.05) is 47.6 Å². The quantitative estimate of drug-likeness (QED) is 0.0865. The molecule has 0 atom stereocenters. The number of thioether (sulfide) groups is 1. The van der Waals surface area contributed by atoms with E-state index in [0.29, 0.717) is 50.1 Å². The van der Waals surface area contributed by atoms with Crippen LogP contribution >= 0.6 is 23.4 Å². The van der Waals surface area contributed by atoms with Crippen LogP contribution in [0.1, 0.15) is 15.9 Å². The number of nitrogens with zero attached hydrogens (tertiary/aromatic N) is 3. The molecule has 0 radical (unpaired) electrons. The number of benzene rings is 4. The second kappa shape index (κ2) is 14.6. The van der Waals surface area contributed by atoms with E-state index in [4.69, 9.17) is 25.8 Å². The summed E-state index contributed by atoms with van der Waals surface area (Å²) in [6.45, 7) is 0. The summed E-state index contributed by atoms with van der Waals surface area (Å²) in [4.78, 5) is 25.7. The summed E-state index contributed by atoms with van der Waals surface area (Å²) in [7, 11) is 4.59. The first-order valence-corrected chi connectivity index (χ1v) is 15.1. The monoisotopic (exact) mass is 640 g/mol. The molecular formula is C34H29ClN4O5S. The molecule has 0 saturated heterocycles. The van der Waals surface area contributed by atoms with Crippen LogP contribution in [-0.2, 0) is 4.79 Å². The summed E-state index contributed by atoms with van der Waals surface area (Å²) < 4.78 is 18.0. The van der Waals surface area contributed by atoms with Crippen LogP contribution in [0.2, 0.25) is 5.02 Å². The molecule has 1 aromatic heterocycles. The molecule has 0 aliphatic rings.